The number of carbonyl (C=O) groups excluding carboxylic acids is 2. The number of aliphatic hydroxyl groups is 3. The summed E-state index contributed by atoms with van der Waals surface area (Å²) in [6.45, 7) is 4.76. The summed E-state index contributed by atoms with van der Waals surface area (Å²) in [6, 6.07) is -0.628. The maximum atomic E-state index is 12.5. The minimum Gasteiger partial charge on any atom is -0.464 e. The molecular weight excluding hydrogens is 963 g/mol. The summed E-state index contributed by atoms with van der Waals surface area (Å²) in [4.78, 5) is 24.7. The summed E-state index contributed by atoms with van der Waals surface area (Å²) in [5, 5.41) is 33.4. The topological polar surface area (TPSA) is 116 Å². The molecule has 0 aliphatic carbocycles. The van der Waals surface area contributed by atoms with Crippen molar-refractivity contribution in [2.75, 3.05) is 13.2 Å². The molecule has 0 spiro atoms. The Hall–Kier alpha value is -1.44. The average molecular weight is 1100 g/mol. The Morgan fingerprint density at radius 3 is 0.949 bits per heavy atom. The second kappa shape index (κ2) is 66.4. The number of amides is 1. The lowest BCUT2D eigenvalue weighted by Gasteiger charge is -2.20. The average Bonchev–Trinajstić information content (AvgIpc) is 3.44. The first-order valence-electron chi connectivity index (χ1n) is 35.6. The lowest BCUT2D eigenvalue weighted by Crippen LogP contribution is -2.45. The SMILES string of the molecule is CCCCCCCCCCCCCC=CC(O)C(CO)NC(=O)CCCCCCCCCCCCCCCCCCCCCCCCCCCCCOC(=O)C(O)CCCCCCCCCCCCCCCCCCCCC. The van der Waals surface area contributed by atoms with Crippen LogP contribution in [0, 0.1) is 0 Å². The predicted molar refractivity (Wildman–Crippen MR) is 339 cm³/mol. The summed E-state index contributed by atoms with van der Waals surface area (Å²) in [7, 11) is 0. The number of unbranched alkanes of at least 4 members (excludes halogenated alkanes) is 55. The van der Waals surface area contributed by atoms with Crippen LogP contribution in [0.25, 0.3) is 0 Å². The molecular formula is C71H139NO6. The molecule has 7 heteroatoms. The molecule has 1 amide bonds. The normalized spacial score (nSPS) is 12.9. The van der Waals surface area contributed by atoms with E-state index >= 15 is 0 Å². The van der Waals surface area contributed by atoms with Gasteiger partial charge in [-0.3, -0.25) is 4.79 Å². The van der Waals surface area contributed by atoms with E-state index in [0.29, 0.717) is 19.4 Å². The fraction of sp³-hybridized carbons (Fsp3) is 0.944. The van der Waals surface area contributed by atoms with Gasteiger partial charge in [0.2, 0.25) is 5.91 Å². The third kappa shape index (κ3) is 60.7. The zero-order chi connectivity index (χ0) is 56.6. The Kier molecular flexibility index (Phi) is 65.1. The van der Waals surface area contributed by atoms with Crippen LogP contribution in [0.5, 0.6) is 0 Å². The Morgan fingerprint density at radius 2 is 0.641 bits per heavy atom. The van der Waals surface area contributed by atoms with Crippen LogP contribution in [0.2, 0.25) is 0 Å². The van der Waals surface area contributed by atoms with Gasteiger partial charge in [-0.05, 0) is 32.1 Å². The summed E-state index contributed by atoms with van der Waals surface area (Å²) >= 11 is 0. The van der Waals surface area contributed by atoms with Crippen LogP contribution in [0.15, 0.2) is 12.2 Å². The van der Waals surface area contributed by atoms with E-state index in [4.69, 9.17) is 4.74 Å². The van der Waals surface area contributed by atoms with E-state index < -0.39 is 24.2 Å². The number of hydrogen-bond acceptors (Lipinski definition) is 6. The highest BCUT2D eigenvalue weighted by atomic mass is 16.5. The zero-order valence-electron chi connectivity index (χ0n) is 52.8. The van der Waals surface area contributed by atoms with Crippen molar-refractivity contribution in [3.63, 3.8) is 0 Å². The van der Waals surface area contributed by atoms with Crippen LogP contribution in [0.3, 0.4) is 0 Å². The van der Waals surface area contributed by atoms with Crippen molar-refractivity contribution < 1.29 is 29.6 Å². The van der Waals surface area contributed by atoms with Crippen molar-refractivity contribution >= 4 is 11.9 Å². The van der Waals surface area contributed by atoms with Gasteiger partial charge in [0.25, 0.3) is 0 Å². The number of hydrogen-bond donors (Lipinski definition) is 4. The van der Waals surface area contributed by atoms with E-state index in [2.05, 4.69) is 19.2 Å². The van der Waals surface area contributed by atoms with Crippen molar-refractivity contribution in [3.05, 3.63) is 12.2 Å². The van der Waals surface area contributed by atoms with Gasteiger partial charge in [-0.15, -0.1) is 0 Å². The molecule has 0 rings (SSSR count). The fourth-order valence-corrected chi connectivity index (χ4v) is 11.4. The minimum atomic E-state index is -0.946. The molecule has 464 valence electrons. The Bertz CT molecular complexity index is 1190. The molecule has 7 nitrogen and oxygen atoms in total. The van der Waals surface area contributed by atoms with Crippen LogP contribution in [0.1, 0.15) is 399 Å². The third-order valence-electron chi connectivity index (χ3n) is 16.9. The molecule has 3 unspecified atom stereocenters. The lowest BCUT2D eigenvalue weighted by atomic mass is 10.0. The van der Waals surface area contributed by atoms with E-state index in [1.165, 1.54) is 321 Å². The van der Waals surface area contributed by atoms with Crippen molar-refractivity contribution in [1.29, 1.82) is 0 Å². The standard InChI is InChI=1S/C71H139NO6/c1-3-5-7-9-11-13-15-17-18-19-29-32-35-39-43-47-51-55-59-63-69(75)71(77)78-65-61-57-53-49-45-41-37-34-31-28-26-24-22-20-21-23-25-27-30-33-36-40-44-48-52-56-60-64-70(76)72-67(66-73)68(74)62-58-54-50-46-42-38-16-14-12-10-8-6-4-2/h58,62,67-69,73-75H,3-57,59-61,63-66H2,1-2H3,(H,72,76). The summed E-state index contributed by atoms with van der Waals surface area (Å²) in [5.74, 6) is -0.483. The molecule has 0 saturated heterocycles. The summed E-state index contributed by atoms with van der Waals surface area (Å²) in [6.07, 6.45) is 79.3. The third-order valence-corrected chi connectivity index (χ3v) is 16.9. The second-order valence-electron chi connectivity index (χ2n) is 24.7. The van der Waals surface area contributed by atoms with Gasteiger partial charge in [0.1, 0.15) is 0 Å². The second-order valence-corrected chi connectivity index (χ2v) is 24.7. The van der Waals surface area contributed by atoms with E-state index in [0.717, 1.165) is 51.4 Å². The highest BCUT2D eigenvalue weighted by Crippen LogP contribution is 2.19. The highest BCUT2D eigenvalue weighted by molar-refractivity contribution is 5.76. The van der Waals surface area contributed by atoms with Gasteiger partial charge in [0, 0.05) is 6.42 Å². The van der Waals surface area contributed by atoms with Gasteiger partial charge < -0.3 is 25.4 Å². The van der Waals surface area contributed by atoms with Gasteiger partial charge in [-0.25, -0.2) is 4.79 Å². The lowest BCUT2D eigenvalue weighted by molar-refractivity contribution is -0.154. The van der Waals surface area contributed by atoms with Crippen molar-refractivity contribution in [1.82, 2.24) is 5.32 Å². The Morgan fingerprint density at radius 1 is 0.372 bits per heavy atom. The molecule has 0 radical (unpaired) electrons. The van der Waals surface area contributed by atoms with Crippen LogP contribution in [-0.4, -0.2) is 58.7 Å². The Labute approximate surface area is 487 Å². The van der Waals surface area contributed by atoms with Crippen LogP contribution < -0.4 is 5.32 Å². The molecule has 3 atom stereocenters. The number of carbonyl (C=O) groups is 2. The molecule has 0 aliphatic heterocycles. The van der Waals surface area contributed by atoms with Crippen LogP contribution in [0.4, 0.5) is 0 Å². The van der Waals surface area contributed by atoms with Gasteiger partial charge in [-0.2, -0.15) is 0 Å². The molecule has 0 aromatic heterocycles. The van der Waals surface area contributed by atoms with E-state index in [9.17, 15) is 24.9 Å². The molecule has 0 bridgehead atoms. The maximum Gasteiger partial charge on any atom is 0.334 e. The molecule has 4 N–H and O–H groups in total. The number of esters is 1. The first-order valence-corrected chi connectivity index (χ1v) is 35.6. The minimum absolute atomic E-state index is 0.0668. The van der Waals surface area contributed by atoms with Crippen LogP contribution >= 0.6 is 0 Å². The number of rotatable bonds is 67. The fourth-order valence-electron chi connectivity index (χ4n) is 11.4. The molecule has 0 fully saturated rings. The van der Waals surface area contributed by atoms with Crippen molar-refractivity contribution in [2.24, 2.45) is 0 Å². The predicted octanol–water partition coefficient (Wildman–Crippen LogP) is 21.7. The molecule has 0 aromatic carbocycles. The zero-order valence-corrected chi connectivity index (χ0v) is 52.8. The van der Waals surface area contributed by atoms with Gasteiger partial charge in [-0.1, -0.05) is 373 Å². The Balaban J connectivity index is 3.37. The van der Waals surface area contributed by atoms with E-state index in [-0.39, 0.29) is 12.5 Å². The van der Waals surface area contributed by atoms with E-state index in [1.807, 2.05) is 6.08 Å². The molecule has 0 heterocycles. The number of aliphatic hydroxyl groups excluding tert-OH is 3. The monoisotopic (exact) mass is 1100 g/mol. The number of nitrogens with one attached hydrogen (secondary N) is 1. The molecule has 0 saturated carbocycles. The van der Waals surface area contributed by atoms with E-state index in [1.54, 1.807) is 6.08 Å². The van der Waals surface area contributed by atoms with Gasteiger partial charge in [0.15, 0.2) is 6.10 Å². The largest absolute Gasteiger partial charge is 0.464 e. The first-order chi connectivity index (χ1) is 38.5. The van der Waals surface area contributed by atoms with Gasteiger partial charge in [0.05, 0.1) is 25.4 Å². The van der Waals surface area contributed by atoms with Gasteiger partial charge >= 0.3 is 5.97 Å². The summed E-state index contributed by atoms with van der Waals surface area (Å²) < 4.78 is 5.38. The maximum absolute atomic E-state index is 12.5. The smallest absolute Gasteiger partial charge is 0.334 e. The summed E-state index contributed by atoms with van der Waals surface area (Å²) in [5.41, 5.74) is 0. The number of allylic oxidation sites excluding steroid dienone is 1. The van der Waals surface area contributed by atoms with Crippen LogP contribution in [-0.2, 0) is 14.3 Å². The quantitative estimate of drug-likeness (QED) is 0.0274. The molecule has 0 aliphatic rings. The molecule has 78 heavy (non-hydrogen) atoms. The van der Waals surface area contributed by atoms with Crippen molar-refractivity contribution in [2.45, 2.75) is 417 Å². The van der Waals surface area contributed by atoms with Crippen molar-refractivity contribution in [3.8, 4) is 0 Å². The number of ether oxygens (including phenoxy) is 1. The first kappa shape index (κ1) is 76.6. The highest BCUT2D eigenvalue weighted by Gasteiger charge is 2.18. The molecule has 0 aromatic rings.